The van der Waals surface area contributed by atoms with Gasteiger partial charge in [0.15, 0.2) is 0 Å². The van der Waals surface area contributed by atoms with Crippen molar-refractivity contribution in [1.82, 2.24) is 4.90 Å². The zero-order valence-electron chi connectivity index (χ0n) is 11.5. The zero-order valence-corrected chi connectivity index (χ0v) is 12.3. The van der Waals surface area contributed by atoms with Crippen molar-refractivity contribution < 1.29 is 14.3 Å². The molecule has 1 fully saturated rings. The Bertz CT molecular complexity index is 299. The summed E-state index contributed by atoms with van der Waals surface area (Å²) < 4.78 is 5.22. The van der Waals surface area contributed by atoms with Gasteiger partial charge in [-0.15, -0.1) is 11.8 Å². The number of amides is 1. The van der Waals surface area contributed by atoms with Crippen molar-refractivity contribution in [3.63, 3.8) is 0 Å². The second kappa shape index (κ2) is 7.02. The van der Waals surface area contributed by atoms with Gasteiger partial charge in [0.25, 0.3) is 0 Å². The molecule has 18 heavy (non-hydrogen) atoms. The Labute approximate surface area is 113 Å². The average Bonchev–Trinajstić information content (AvgIpc) is 2.24. The molecule has 4 nitrogen and oxygen atoms in total. The van der Waals surface area contributed by atoms with Crippen molar-refractivity contribution >= 4 is 23.6 Å². The van der Waals surface area contributed by atoms with Crippen molar-refractivity contribution in [3.05, 3.63) is 0 Å². The van der Waals surface area contributed by atoms with Gasteiger partial charge in [0.1, 0.15) is 5.60 Å². The molecular weight excluding hydrogens is 250 g/mol. The van der Waals surface area contributed by atoms with E-state index in [4.69, 9.17) is 4.74 Å². The standard InChI is InChI=1S/C13H23NO3S/c1-13(2,3)17-12(16)7-9-18-10-14-8-5-4-6-11(14)15/h4-10H2,1-3H3. The summed E-state index contributed by atoms with van der Waals surface area (Å²) in [4.78, 5) is 24.9. The topological polar surface area (TPSA) is 46.6 Å². The van der Waals surface area contributed by atoms with E-state index in [0.717, 1.165) is 19.4 Å². The largest absolute Gasteiger partial charge is 0.460 e. The molecule has 1 saturated heterocycles. The zero-order chi connectivity index (χ0) is 13.6. The van der Waals surface area contributed by atoms with Crippen LogP contribution in [-0.2, 0) is 14.3 Å². The van der Waals surface area contributed by atoms with Gasteiger partial charge in [-0.1, -0.05) is 0 Å². The van der Waals surface area contributed by atoms with E-state index in [0.29, 0.717) is 24.5 Å². The summed E-state index contributed by atoms with van der Waals surface area (Å²) in [7, 11) is 0. The van der Waals surface area contributed by atoms with E-state index < -0.39 is 5.60 Å². The number of carbonyl (C=O) groups excluding carboxylic acids is 2. The smallest absolute Gasteiger partial charge is 0.307 e. The van der Waals surface area contributed by atoms with Gasteiger partial charge in [-0.05, 0) is 33.6 Å². The number of likely N-dealkylation sites (tertiary alicyclic amines) is 1. The quantitative estimate of drug-likeness (QED) is 0.570. The maximum atomic E-state index is 11.5. The molecule has 0 N–H and O–H groups in total. The first-order valence-electron chi connectivity index (χ1n) is 6.46. The monoisotopic (exact) mass is 273 g/mol. The normalized spacial score (nSPS) is 16.8. The predicted octanol–water partition coefficient (Wildman–Crippen LogP) is 2.42. The van der Waals surface area contributed by atoms with E-state index in [2.05, 4.69) is 0 Å². The van der Waals surface area contributed by atoms with Crippen molar-refractivity contribution in [1.29, 1.82) is 0 Å². The predicted molar refractivity (Wildman–Crippen MR) is 73.4 cm³/mol. The van der Waals surface area contributed by atoms with Crippen LogP contribution < -0.4 is 0 Å². The number of hydrogen-bond donors (Lipinski definition) is 0. The highest BCUT2D eigenvalue weighted by atomic mass is 32.2. The van der Waals surface area contributed by atoms with Crippen LogP contribution in [0.1, 0.15) is 46.5 Å². The lowest BCUT2D eigenvalue weighted by Crippen LogP contribution is -2.35. The SMILES string of the molecule is CC(C)(C)OC(=O)CCSCN1CCCCC1=O. The number of thioether (sulfide) groups is 1. The summed E-state index contributed by atoms with van der Waals surface area (Å²) >= 11 is 1.62. The van der Waals surface area contributed by atoms with Crippen LogP contribution in [0.5, 0.6) is 0 Å². The lowest BCUT2D eigenvalue weighted by molar-refractivity contribution is -0.154. The molecule has 0 atom stereocenters. The molecule has 1 rings (SSSR count). The van der Waals surface area contributed by atoms with E-state index in [9.17, 15) is 9.59 Å². The van der Waals surface area contributed by atoms with Crippen molar-refractivity contribution in [2.45, 2.75) is 52.1 Å². The minimum Gasteiger partial charge on any atom is -0.460 e. The number of hydrogen-bond acceptors (Lipinski definition) is 4. The van der Waals surface area contributed by atoms with Gasteiger partial charge in [-0.2, -0.15) is 0 Å². The maximum Gasteiger partial charge on any atom is 0.307 e. The molecule has 0 aromatic carbocycles. The van der Waals surface area contributed by atoms with Crippen LogP contribution in [0.4, 0.5) is 0 Å². The van der Waals surface area contributed by atoms with Gasteiger partial charge in [-0.25, -0.2) is 0 Å². The third-order valence-electron chi connectivity index (χ3n) is 2.54. The Morgan fingerprint density at radius 2 is 2.11 bits per heavy atom. The molecule has 0 saturated carbocycles. The summed E-state index contributed by atoms with van der Waals surface area (Å²) in [6, 6.07) is 0. The second-order valence-electron chi connectivity index (χ2n) is 5.49. The lowest BCUT2D eigenvalue weighted by Gasteiger charge is -2.26. The molecule has 1 aliphatic rings. The molecule has 0 aromatic heterocycles. The van der Waals surface area contributed by atoms with Crippen LogP contribution in [0, 0.1) is 0 Å². The molecule has 0 aliphatic carbocycles. The minimum absolute atomic E-state index is 0.167. The number of carbonyl (C=O) groups is 2. The molecule has 104 valence electrons. The van der Waals surface area contributed by atoms with Gasteiger partial charge < -0.3 is 9.64 Å². The highest BCUT2D eigenvalue weighted by Crippen LogP contribution is 2.15. The summed E-state index contributed by atoms with van der Waals surface area (Å²) in [6.45, 7) is 6.46. The van der Waals surface area contributed by atoms with Crippen LogP contribution >= 0.6 is 11.8 Å². The number of esters is 1. The summed E-state index contributed by atoms with van der Waals surface area (Å²) in [6.07, 6.45) is 3.19. The van der Waals surface area contributed by atoms with Gasteiger partial charge in [0.05, 0.1) is 12.3 Å². The fraction of sp³-hybridized carbons (Fsp3) is 0.846. The average molecular weight is 273 g/mol. The molecule has 0 bridgehead atoms. The van der Waals surface area contributed by atoms with E-state index in [1.165, 1.54) is 0 Å². The molecule has 0 unspecified atom stereocenters. The van der Waals surface area contributed by atoms with E-state index in [1.807, 2.05) is 25.7 Å². The van der Waals surface area contributed by atoms with E-state index in [1.54, 1.807) is 11.8 Å². The van der Waals surface area contributed by atoms with E-state index in [-0.39, 0.29) is 11.9 Å². The van der Waals surface area contributed by atoms with Crippen LogP contribution in [0.25, 0.3) is 0 Å². The van der Waals surface area contributed by atoms with Gasteiger partial charge in [-0.3, -0.25) is 9.59 Å². The maximum absolute atomic E-state index is 11.5. The van der Waals surface area contributed by atoms with Crippen LogP contribution in [0.3, 0.4) is 0 Å². The van der Waals surface area contributed by atoms with Gasteiger partial charge >= 0.3 is 5.97 Å². The minimum atomic E-state index is -0.412. The Hall–Kier alpha value is -0.710. The first-order chi connectivity index (χ1) is 8.38. The molecular formula is C13H23NO3S. The summed E-state index contributed by atoms with van der Waals surface area (Å²) in [5, 5.41) is 0. The Balaban J connectivity index is 2.11. The fourth-order valence-corrected chi connectivity index (χ4v) is 2.65. The summed E-state index contributed by atoms with van der Waals surface area (Å²) in [5.41, 5.74) is -0.412. The molecule has 0 radical (unpaired) electrons. The van der Waals surface area contributed by atoms with Gasteiger partial charge in [0, 0.05) is 18.7 Å². The molecule has 1 heterocycles. The molecule has 0 aromatic rings. The third-order valence-corrected chi connectivity index (χ3v) is 3.53. The van der Waals surface area contributed by atoms with Crippen molar-refractivity contribution in [2.75, 3.05) is 18.2 Å². The van der Waals surface area contributed by atoms with Gasteiger partial charge in [0.2, 0.25) is 5.91 Å². The van der Waals surface area contributed by atoms with E-state index >= 15 is 0 Å². The number of nitrogens with zero attached hydrogens (tertiary/aromatic N) is 1. The Morgan fingerprint density at radius 1 is 1.39 bits per heavy atom. The highest BCUT2D eigenvalue weighted by molar-refractivity contribution is 7.99. The van der Waals surface area contributed by atoms with Crippen LogP contribution in [-0.4, -0.2) is 40.6 Å². The second-order valence-corrected chi connectivity index (χ2v) is 6.56. The first-order valence-corrected chi connectivity index (χ1v) is 7.61. The first kappa shape index (κ1) is 15.3. The molecule has 0 spiro atoms. The fourth-order valence-electron chi connectivity index (χ4n) is 1.72. The number of piperidine rings is 1. The number of rotatable bonds is 5. The Morgan fingerprint density at radius 3 is 2.72 bits per heavy atom. The summed E-state index contributed by atoms with van der Waals surface area (Å²) in [5.74, 6) is 1.48. The van der Waals surface area contributed by atoms with Crippen molar-refractivity contribution in [3.8, 4) is 0 Å². The molecule has 1 amide bonds. The van der Waals surface area contributed by atoms with Crippen LogP contribution in [0.2, 0.25) is 0 Å². The molecule has 5 heteroatoms. The third kappa shape index (κ3) is 6.28. The highest BCUT2D eigenvalue weighted by Gasteiger charge is 2.18. The molecule has 1 aliphatic heterocycles. The van der Waals surface area contributed by atoms with Crippen molar-refractivity contribution in [2.24, 2.45) is 0 Å². The number of ether oxygens (including phenoxy) is 1. The van der Waals surface area contributed by atoms with Crippen LogP contribution in [0.15, 0.2) is 0 Å². The lowest BCUT2D eigenvalue weighted by atomic mass is 10.1. The Kier molecular flexibility index (Phi) is 5.99.